The van der Waals surface area contributed by atoms with Gasteiger partial charge < -0.3 is 19.9 Å². The van der Waals surface area contributed by atoms with E-state index in [2.05, 4.69) is 30.2 Å². The number of aromatic nitrogens is 5. The number of fused-ring (bicyclic) bond motifs is 3. The van der Waals surface area contributed by atoms with E-state index >= 15 is 0 Å². The van der Waals surface area contributed by atoms with Crippen molar-refractivity contribution in [1.82, 2.24) is 24.9 Å². The molecule has 2 N–H and O–H groups in total. The number of nitrogens with zero attached hydrogens (tertiary/aromatic N) is 5. The summed E-state index contributed by atoms with van der Waals surface area (Å²) >= 11 is 0. The van der Waals surface area contributed by atoms with Gasteiger partial charge >= 0.3 is 6.01 Å². The molecule has 4 aromatic rings. The number of Topliss-reactive ketones (excluding diaryl/α,β-unsaturated/α-hetero) is 1. The number of carbonyl (C=O) groups excluding carboxylic acids is 1. The summed E-state index contributed by atoms with van der Waals surface area (Å²) in [5.41, 5.74) is 1.85. The van der Waals surface area contributed by atoms with Gasteiger partial charge in [0.1, 0.15) is 28.9 Å². The quantitative estimate of drug-likeness (QED) is 0.489. The summed E-state index contributed by atoms with van der Waals surface area (Å²) in [4.78, 5) is 34.7. The van der Waals surface area contributed by atoms with E-state index in [9.17, 15) is 9.18 Å². The highest BCUT2D eigenvalue weighted by molar-refractivity contribution is 6.14. The maximum atomic E-state index is 14.4. The van der Waals surface area contributed by atoms with Crippen molar-refractivity contribution in [1.29, 1.82) is 0 Å². The van der Waals surface area contributed by atoms with Gasteiger partial charge in [-0.3, -0.25) is 4.79 Å². The summed E-state index contributed by atoms with van der Waals surface area (Å²) in [7, 11) is 1.73. The van der Waals surface area contributed by atoms with Crippen LogP contribution in [0.4, 0.5) is 15.9 Å². The molecule has 0 spiro atoms. The number of hydrogen-bond donors (Lipinski definition) is 2. The summed E-state index contributed by atoms with van der Waals surface area (Å²) in [6, 6.07) is 3.01. The number of H-pyrrole nitrogens is 1. The number of ketones is 1. The normalized spacial score (nSPS) is 16.1. The van der Waals surface area contributed by atoms with Gasteiger partial charge in [0.15, 0.2) is 5.75 Å². The summed E-state index contributed by atoms with van der Waals surface area (Å²) in [5, 5.41) is 4.37. The number of benzene rings is 1. The van der Waals surface area contributed by atoms with Crippen LogP contribution in [-0.2, 0) is 4.79 Å². The third-order valence-electron chi connectivity index (χ3n) is 5.78. The maximum absolute atomic E-state index is 14.4. The van der Waals surface area contributed by atoms with Gasteiger partial charge in [-0.15, -0.1) is 0 Å². The fourth-order valence-corrected chi connectivity index (χ4v) is 4.12. The Morgan fingerprint density at radius 3 is 2.75 bits per heavy atom. The lowest BCUT2D eigenvalue weighted by atomic mass is 10.1. The number of aromatic amines is 1. The topological polar surface area (TPSA) is 109 Å². The molecular formula is C22H22FN7O2. The van der Waals surface area contributed by atoms with Crippen molar-refractivity contribution in [2.45, 2.75) is 20.3 Å². The van der Waals surface area contributed by atoms with Crippen LogP contribution in [0, 0.1) is 18.7 Å². The first kappa shape index (κ1) is 20.1. The molecule has 3 aromatic heterocycles. The summed E-state index contributed by atoms with van der Waals surface area (Å²) in [6.07, 6.45) is 3.84. The fraction of sp³-hybridized carbons (Fsp3) is 0.318. The Bertz CT molecular complexity index is 1340. The van der Waals surface area contributed by atoms with E-state index in [-0.39, 0.29) is 23.5 Å². The molecule has 1 saturated heterocycles. The lowest BCUT2D eigenvalue weighted by molar-refractivity contribution is -0.120. The van der Waals surface area contributed by atoms with Crippen LogP contribution in [0.3, 0.4) is 0 Å². The summed E-state index contributed by atoms with van der Waals surface area (Å²) in [6.45, 7) is 4.59. The molecule has 1 unspecified atom stereocenters. The number of rotatable bonds is 5. The molecule has 4 heterocycles. The number of halogens is 1. The van der Waals surface area contributed by atoms with E-state index in [4.69, 9.17) is 4.74 Å². The fourth-order valence-electron chi connectivity index (χ4n) is 4.12. The molecule has 0 bridgehead atoms. The second-order valence-electron chi connectivity index (χ2n) is 7.91. The second kappa shape index (κ2) is 7.70. The lowest BCUT2D eigenvalue weighted by Crippen LogP contribution is -2.23. The van der Waals surface area contributed by atoms with Crippen LogP contribution in [0.1, 0.15) is 19.2 Å². The number of hydrogen-bond acceptors (Lipinski definition) is 8. The van der Waals surface area contributed by atoms with Gasteiger partial charge in [0.2, 0.25) is 0 Å². The first-order valence-electron chi connectivity index (χ1n) is 10.4. The van der Waals surface area contributed by atoms with Crippen molar-refractivity contribution >= 4 is 39.2 Å². The molecule has 1 atom stereocenters. The molecule has 0 saturated carbocycles. The van der Waals surface area contributed by atoms with E-state index in [0.717, 1.165) is 11.9 Å². The van der Waals surface area contributed by atoms with E-state index in [1.165, 1.54) is 12.1 Å². The predicted octanol–water partition coefficient (Wildman–Crippen LogP) is 3.60. The molecular weight excluding hydrogens is 413 g/mol. The molecule has 1 aromatic carbocycles. The standard InChI is InChI=1S/C22H22FN7O2/c1-11(31)13-4-5-30(10-13)21-18-16-6-14(23)7-17(24-3)19(16)27-20(18)28-22(29-21)32-15-8-25-12(2)26-9-15/h6-9,13,24H,4-5,10H2,1-3H3,(H,27,28,29). The van der Waals surface area contributed by atoms with Gasteiger partial charge in [0.05, 0.1) is 29.0 Å². The maximum Gasteiger partial charge on any atom is 0.326 e. The molecule has 5 rings (SSSR count). The van der Waals surface area contributed by atoms with Crippen LogP contribution in [0.2, 0.25) is 0 Å². The van der Waals surface area contributed by atoms with E-state index in [1.807, 2.05) is 4.90 Å². The van der Waals surface area contributed by atoms with Crippen molar-refractivity contribution in [2.24, 2.45) is 5.92 Å². The molecule has 164 valence electrons. The van der Waals surface area contributed by atoms with Gasteiger partial charge in [-0.05, 0) is 32.4 Å². The van der Waals surface area contributed by atoms with Crippen LogP contribution in [0.5, 0.6) is 11.8 Å². The smallest absolute Gasteiger partial charge is 0.326 e. The molecule has 1 aliphatic rings. The molecule has 9 nitrogen and oxygen atoms in total. The summed E-state index contributed by atoms with van der Waals surface area (Å²) < 4.78 is 20.2. The minimum Gasteiger partial charge on any atom is -0.421 e. The SMILES string of the molecule is CNc1cc(F)cc2c1[nH]c1nc(Oc3cnc(C)nc3)nc(N3CCC(C(C)=O)C3)c12. The van der Waals surface area contributed by atoms with Gasteiger partial charge in [-0.2, -0.15) is 9.97 Å². The van der Waals surface area contributed by atoms with Gasteiger partial charge in [-0.25, -0.2) is 14.4 Å². The van der Waals surface area contributed by atoms with Crippen molar-refractivity contribution in [3.8, 4) is 11.8 Å². The van der Waals surface area contributed by atoms with Crippen LogP contribution in [0.15, 0.2) is 24.5 Å². The largest absolute Gasteiger partial charge is 0.421 e. The third-order valence-corrected chi connectivity index (χ3v) is 5.78. The van der Waals surface area contributed by atoms with Crippen LogP contribution in [0.25, 0.3) is 21.9 Å². The van der Waals surface area contributed by atoms with Crippen LogP contribution >= 0.6 is 0 Å². The minimum absolute atomic E-state index is 0.0651. The van der Waals surface area contributed by atoms with Gasteiger partial charge in [0.25, 0.3) is 0 Å². The molecule has 0 amide bonds. The average molecular weight is 435 g/mol. The van der Waals surface area contributed by atoms with Crippen molar-refractivity contribution < 1.29 is 13.9 Å². The number of nitrogens with one attached hydrogen (secondary N) is 2. The Morgan fingerprint density at radius 2 is 2.06 bits per heavy atom. The Kier molecular flexibility index (Phi) is 4.84. The molecule has 32 heavy (non-hydrogen) atoms. The summed E-state index contributed by atoms with van der Waals surface area (Å²) in [5.74, 6) is 1.34. The monoisotopic (exact) mass is 435 g/mol. The van der Waals surface area contributed by atoms with Crippen LogP contribution < -0.4 is 15.0 Å². The Labute approximate surface area is 183 Å². The van der Waals surface area contributed by atoms with Crippen molar-refractivity contribution in [3.05, 3.63) is 36.2 Å². The number of carbonyl (C=O) groups is 1. The zero-order chi connectivity index (χ0) is 22.4. The molecule has 10 heteroatoms. The van der Waals surface area contributed by atoms with Crippen molar-refractivity contribution in [2.75, 3.05) is 30.4 Å². The Balaban J connectivity index is 1.69. The predicted molar refractivity (Wildman–Crippen MR) is 119 cm³/mol. The molecule has 1 fully saturated rings. The highest BCUT2D eigenvalue weighted by Gasteiger charge is 2.30. The zero-order valence-corrected chi connectivity index (χ0v) is 17.9. The highest BCUT2D eigenvalue weighted by atomic mass is 19.1. The lowest BCUT2D eigenvalue weighted by Gasteiger charge is -2.19. The third kappa shape index (κ3) is 3.47. The number of aryl methyl sites for hydroxylation is 1. The van der Waals surface area contributed by atoms with E-state index < -0.39 is 0 Å². The van der Waals surface area contributed by atoms with Gasteiger partial charge in [0, 0.05) is 31.4 Å². The molecule has 0 aliphatic carbocycles. The first-order valence-corrected chi connectivity index (χ1v) is 10.4. The number of ether oxygens (including phenoxy) is 1. The molecule has 1 aliphatic heterocycles. The Morgan fingerprint density at radius 1 is 1.28 bits per heavy atom. The zero-order valence-electron chi connectivity index (χ0n) is 17.9. The second-order valence-corrected chi connectivity index (χ2v) is 7.91. The average Bonchev–Trinajstić information content (AvgIpc) is 3.40. The first-order chi connectivity index (χ1) is 15.4. The van der Waals surface area contributed by atoms with Gasteiger partial charge in [-0.1, -0.05) is 0 Å². The highest BCUT2D eigenvalue weighted by Crippen LogP contribution is 2.38. The van der Waals surface area contributed by atoms with Crippen molar-refractivity contribution in [3.63, 3.8) is 0 Å². The minimum atomic E-state index is -0.367. The van der Waals surface area contributed by atoms with E-state index in [0.29, 0.717) is 52.6 Å². The van der Waals surface area contributed by atoms with Crippen LogP contribution in [-0.4, -0.2) is 50.8 Å². The Hall–Kier alpha value is -3.82. The van der Waals surface area contributed by atoms with E-state index in [1.54, 1.807) is 33.3 Å². The number of anilines is 2. The molecule has 0 radical (unpaired) electrons.